The fourth-order valence-electron chi connectivity index (χ4n) is 2.22. The Morgan fingerprint density at radius 1 is 1.40 bits per heavy atom. The highest BCUT2D eigenvalue weighted by Crippen LogP contribution is 2.18. The van der Waals surface area contributed by atoms with Gasteiger partial charge in [-0.2, -0.15) is 4.98 Å². The van der Waals surface area contributed by atoms with Crippen LogP contribution >= 0.6 is 0 Å². The Balaban J connectivity index is 1.62. The van der Waals surface area contributed by atoms with Gasteiger partial charge in [-0.25, -0.2) is 0 Å². The molecule has 1 aromatic heterocycles. The van der Waals surface area contributed by atoms with Crippen LogP contribution in [0.25, 0.3) is 0 Å². The third-order valence-corrected chi connectivity index (χ3v) is 3.40. The molecule has 1 aliphatic rings. The molecule has 1 unspecified atom stereocenters. The predicted octanol–water partition coefficient (Wildman–Crippen LogP) is 1.22. The normalized spacial score (nSPS) is 19.9. The van der Waals surface area contributed by atoms with Gasteiger partial charge in [0.05, 0.1) is 6.04 Å². The average Bonchev–Trinajstić information content (AvgIpc) is 2.95. The van der Waals surface area contributed by atoms with E-state index in [-0.39, 0.29) is 6.04 Å². The SMILES string of the molecule is CN1CCNCC1c1noc(COc2ccccc2)n1. The quantitative estimate of drug-likeness (QED) is 0.904. The maximum Gasteiger partial charge on any atom is 0.264 e. The van der Waals surface area contributed by atoms with Crippen molar-refractivity contribution in [1.82, 2.24) is 20.4 Å². The third kappa shape index (κ3) is 2.97. The summed E-state index contributed by atoms with van der Waals surface area (Å²) in [4.78, 5) is 6.64. The summed E-state index contributed by atoms with van der Waals surface area (Å²) in [5.41, 5.74) is 0. The van der Waals surface area contributed by atoms with Crippen LogP contribution in [0, 0.1) is 0 Å². The van der Waals surface area contributed by atoms with Gasteiger partial charge in [0.1, 0.15) is 5.75 Å². The molecule has 1 N–H and O–H groups in total. The fourth-order valence-corrected chi connectivity index (χ4v) is 2.22. The zero-order valence-electron chi connectivity index (χ0n) is 11.5. The topological polar surface area (TPSA) is 63.4 Å². The molecule has 106 valence electrons. The lowest BCUT2D eigenvalue weighted by molar-refractivity contribution is 0.189. The number of likely N-dealkylation sites (N-methyl/N-ethyl adjacent to an activating group) is 1. The number of nitrogens with one attached hydrogen (secondary N) is 1. The number of para-hydroxylation sites is 1. The Kier molecular flexibility index (Phi) is 3.94. The summed E-state index contributed by atoms with van der Waals surface area (Å²) in [6.45, 7) is 3.11. The minimum Gasteiger partial charge on any atom is -0.484 e. The van der Waals surface area contributed by atoms with Gasteiger partial charge in [0.15, 0.2) is 12.4 Å². The second-order valence-electron chi connectivity index (χ2n) is 4.85. The van der Waals surface area contributed by atoms with Crippen LogP contribution in [0.5, 0.6) is 5.75 Å². The minimum absolute atomic E-state index is 0.165. The van der Waals surface area contributed by atoms with Crippen molar-refractivity contribution in [3.8, 4) is 5.75 Å². The van der Waals surface area contributed by atoms with Crippen molar-refractivity contribution in [2.24, 2.45) is 0 Å². The largest absolute Gasteiger partial charge is 0.484 e. The summed E-state index contributed by atoms with van der Waals surface area (Å²) in [5, 5.41) is 7.39. The maximum absolute atomic E-state index is 5.59. The van der Waals surface area contributed by atoms with Gasteiger partial charge in [-0.05, 0) is 19.2 Å². The number of nitrogens with zero attached hydrogens (tertiary/aromatic N) is 3. The number of aromatic nitrogens is 2. The van der Waals surface area contributed by atoms with Crippen LogP contribution in [0.4, 0.5) is 0 Å². The van der Waals surface area contributed by atoms with Crippen molar-refractivity contribution in [2.75, 3.05) is 26.7 Å². The van der Waals surface area contributed by atoms with Crippen molar-refractivity contribution >= 4 is 0 Å². The molecule has 2 aromatic rings. The Morgan fingerprint density at radius 3 is 3.05 bits per heavy atom. The highest BCUT2D eigenvalue weighted by molar-refractivity contribution is 5.20. The molecule has 2 heterocycles. The molecule has 0 aliphatic carbocycles. The summed E-state index contributed by atoms with van der Waals surface area (Å²) in [5.74, 6) is 2.01. The number of benzene rings is 1. The van der Waals surface area contributed by atoms with Crippen LogP contribution < -0.4 is 10.1 Å². The lowest BCUT2D eigenvalue weighted by atomic mass is 10.2. The summed E-state index contributed by atoms with van der Waals surface area (Å²) in [6, 6.07) is 9.77. The summed E-state index contributed by atoms with van der Waals surface area (Å²) in [6.07, 6.45) is 0. The summed E-state index contributed by atoms with van der Waals surface area (Å²) < 4.78 is 10.8. The van der Waals surface area contributed by atoms with Crippen molar-refractivity contribution in [3.05, 3.63) is 42.0 Å². The molecule has 6 nitrogen and oxygen atoms in total. The number of hydrogen-bond acceptors (Lipinski definition) is 6. The van der Waals surface area contributed by atoms with E-state index in [9.17, 15) is 0 Å². The highest BCUT2D eigenvalue weighted by Gasteiger charge is 2.25. The molecule has 20 heavy (non-hydrogen) atoms. The van der Waals surface area contributed by atoms with Crippen molar-refractivity contribution in [1.29, 1.82) is 0 Å². The van der Waals surface area contributed by atoms with E-state index >= 15 is 0 Å². The van der Waals surface area contributed by atoms with Gasteiger partial charge in [0.25, 0.3) is 5.89 Å². The average molecular weight is 274 g/mol. The molecule has 1 saturated heterocycles. The molecule has 0 radical (unpaired) electrons. The molecule has 1 fully saturated rings. The second-order valence-corrected chi connectivity index (χ2v) is 4.85. The van der Waals surface area contributed by atoms with Gasteiger partial charge in [-0.1, -0.05) is 23.4 Å². The van der Waals surface area contributed by atoms with Crippen LogP contribution in [0.3, 0.4) is 0 Å². The van der Waals surface area contributed by atoms with E-state index in [1.54, 1.807) is 0 Å². The van der Waals surface area contributed by atoms with Crippen LogP contribution in [0.15, 0.2) is 34.9 Å². The Bertz CT molecular complexity index is 543. The molecule has 1 aromatic carbocycles. The molecule has 0 spiro atoms. The molecular weight excluding hydrogens is 256 g/mol. The van der Waals surface area contributed by atoms with E-state index in [2.05, 4.69) is 27.4 Å². The lowest BCUT2D eigenvalue weighted by Gasteiger charge is -2.30. The zero-order chi connectivity index (χ0) is 13.8. The first-order chi connectivity index (χ1) is 9.83. The molecule has 3 rings (SSSR count). The molecular formula is C14H18N4O2. The van der Waals surface area contributed by atoms with Gasteiger partial charge in [-0.15, -0.1) is 0 Å². The first-order valence-corrected chi connectivity index (χ1v) is 6.74. The lowest BCUT2D eigenvalue weighted by Crippen LogP contribution is -2.44. The highest BCUT2D eigenvalue weighted by atomic mass is 16.5. The number of ether oxygens (including phenoxy) is 1. The Hall–Kier alpha value is -1.92. The maximum atomic E-state index is 5.59. The van der Waals surface area contributed by atoms with Gasteiger partial charge in [0, 0.05) is 19.6 Å². The number of hydrogen-bond donors (Lipinski definition) is 1. The van der Waals surface area contributed by atoms with Crippen LogP contribution in [0.2, 0.25) is 0 Å². The van der Waals surface area contributed by atoms with Gasteiger partial charge >= 0.3 is 0 Å². The monoisotopic (exact) mass is 274 g/mol. The van der Waals surface area contributed by atoms with Gasteiger partial charge in [0.2, 0.25) is 0 Å². The molecule has 0 amide bonds. The van der Waals surface area contributed by atoms with E-state index < -0.39 is 0 Å². The summed E-state index contributed by atoms with van der Waals surface area (Å²) in [7, 11) is 2.07. The standard InChI is InChI=1S/C14H18N4O2/c1-18-8-7-15-9-12(18)14-16-13(20-17-14)10-19-11-5-3-2-4-6-11/h2-6,12,15H,7-10H2,1H3. The van der Waals surface area contributed by atoms with E-state index in [0.29, 0.717) is 18.3 Å². The molecule has 1 aliphatic heterocycles. The first-order valence-electron chi connectivity index (χ1n) is 6.74. The van der Waals surface area contributed by atoms with Crippen LogP contribution in [0.1, 0.15) is 17.8 Å². The zero-order valence-corrected chi connectivity index (χ0v) is 11.5. The predicted molar refractivity (Wildman–Crippen MR) is 73.3 cm³/mol. The van der Waals surface area contributed by atoms with E-state index in [0.717, 1.165) is 25.4 Å². The molecule has 0 saturated carbocycles. The summed E-state index contributed by atoms with van der Waals surface area (Å²) >= 11 is 0. The fraction of sp³-hybridized carbons (Fsp3) is 0.429. The van der Waals surface area contributed by atoms with Crippen LogP contribution in [-0.4, -0.2) is 41.7 Å². The number of rotatable bonds is 4. The smallest absolute Gasteiger partial charge is 0.264 e. The Morgan fingerprint density at radius 2 is 2.25 bits per heavy atom. The van der Waals surface area contributed by atoms with Gasteiger partial charge < -0.3 is 14.6 Å². The Labute approximate surface area is 117 Å². The number of piperazine rings is 1. The van der Waals surface area contributed by atoms with Gasteiger partial charge in [-0.3, -0.25) is 4.90 Å². The van der Waals surface area contributed by atoms with Crippen LogP contribution in [-0.2, 0) is 6.61 Å². The molecule has 0 bridgehead atoms. The van der Waals surface area contributed by atoms with E-state index in [1.807, 2.05) is 30.3 Å². The second kappa shape index (κ2) is 6.02. The third-order valence-electron chi connectivity index (χ3n) is 3.40. The van der Waals surface area contributed by atoms with Crippen molar-refractivity contribution < 1.29 is 9.26 Å². The van der Waals surface area contributed by atoms with E-state index in [1.165, 1.54) is 0 Å². The first kappa shape index (κ1) is 13.1. The molecule has 1 atom stereocenters. The minimum atomic E-state index is 0.165. The molecule has 6 heteroatoms. The van der Waals surface area contributed by atoms with Crippen molar-refractivity contribution in [3.63, 3.8) is 0 Å². The van der Waals surface area contributed by atoms with Crippen molar-refractivity contribution in [2.45, 2.75) is 12.6 Å². The van der Waals surface area contributed by atoms with E-state index in [4.69, 9.17) is 9.26 Å².